The number of rotatable bonds is 6. The molecule has 4 fully saturated rings. The normalized spacial score (nSPS) is 43.6. The molecule has 0 aromatic heterocycles. The number of aliphatic hydroxyl groups is 2. The van der Waals surface area contributed by atoms with Crippen molar-refractivity contribution in [2.45, 2.75) is 157 Å². The molecule has 0 saturated heterocycles. The SMILES string of the molecule is CC1CC(C(C)(C)C2CCC(OC(=O)OC3CCC(C(C)(C)C4CCC(O)C(C)C4)CC3C)C(C)C2)CCC1O. The number of carbonyl (C=O) groups excluding carboxylic acids is 1. The summed E-state index contributed by atoms with van der Waals surface area (Å²) in [6.45, 7) is 18.6. The average Bonchev–Trinajstić information content (AvgIpc) is 2.89. The van der Waals surface area contributed by atoms with Crippen LogP contribution in [0.4, 0.5) is 4.79 Å². The summed E-state index contributed by atoms with van der Waals surface area (Å²) in [5.41, 5.74) is 0.483. The van der Waals surface area contributed by atoms with E-state index in [9.17, 15) is 15.0 Å². The van der Waals surface area contributed by atoms with Crippen molar-refractivity contribution < 1.29 is 24.5 Å². The van der Waals surface area contributed by atoms with Crippen molar-refractivity contribution >= 4 is 6.16 Å². The molecular weight excluding hydrogens is 500 g/mol. The third kappa shape index (κ3) is 7.04. The summed E-state index contributed by atoms with van der Waals surface area (Å²) in [6, 6.07) is 0. The van der Waals surface area contributed by atoms with Gasteiger partial charge in [0.2, 0.25) is 0 Å². The first-order chi connectivity index (χ1) is 18.7. The molecule has 4 rings (SSSR count). The largest absolute Gasteiger partial charge is 0.508 e. The summed E-state index contributed by atoms with van der Waals surface area (Å²) >= 11 is 0. The Kier molecular flexibility index (Phi) is 10.3. The molecular formula is C35H62O5. The minimum atomic E-state index is -0.464. The van der Waals surface area contributed by atoms with E-state index in [-0.39, 0.29) is 35.2 Å². The molecule has 0 bridgehead atoms. The lowest BCUT2D eigenvalue weighted by Crippen LogP contribution is -2.44. The molecule has 4 saturated carbocycles. The van der Waals surface area contributed by atoms with Gasteiger partial charge in [0, 0.05) is 0 Å². The summed E-state index contributed by atoms with van der Waals surface area (Å²) < 4.78 is 12.0. The lowest BCUT2D eigenvalue weighted by molar-refractivity contribution is -0.0771. The number of carbonyl (C=O) groups is 1. The highest BCUT2D eigenvalue weighted by Gasteiger charge is 2.46. The predicted octanol–water partition coefficient (Wildman–Crippen LogP) is 8.40. The third-order valence-electron chi connectivity index (χ3n) is 13.1. The second-order valence-electron chi connectivity index (χ2n) is 16.3. The Morgan fingerprint density at radius 1 is 0.525 bits per heavy atom. The lowest BCUT2D eigenvalue weighted by Gasteiger charge is -2.49. The Morgan fingerprint density at radius 3 is 1.12 bits per heavy atom. The van der Waals surface area contributed by atoms with E-state index in [0.29, 0.717) is 47.3 Å². The monoisotopic (exact) mass is 562 g/mol. The molecule has 4 aliphatic rings. The van der Waals surface area contributed by atoms with Gasteiger partial charge in [0.1, 0.15) is 12.2 Å². The highest BCUT2D eigenvalue weighted by atomic mass is 16.7. The van der Waals surface area contributed by atoms with Crippen molar-refractivity contribution in [3.8, 4) is 0 Å². The maximum absolute atomic E-state index is 13.0. The van der Waals surface area contributed by atoms with E-state index >= 15 is 0 Å². The van der Waals surface area contributed by atoms with Crippen LogP contribution in [0.5, 0.6) is 0 Å². The summed E-state index contributed by atoms with van der Waals surface area (Å²) in [7, 11) is 0. The molecule has 5 heteroatoms. The smallest absolute Gasteiger partial charge is 0.431 e. The summed E-state index contributed by atoms with van der Waals surface area (Å²) in [5.74, 6) is 4.00. The van der Waals surface area contributed by atoms with Crippen molar-refractivity contribution in [3.63, 3.8) is 0 Å². The molecule has 2 N–H and O–H groups in total. The van der Waals surface area contributed by atoms with Crippen LogP contribution in [0.2, 0.25) is 0 Å². The van der Waals surface area contributed by atoms with Crippen LogP contribution in [0.1, 0.15) is 132 Å². The molecule has 0 aromatic rings. The molecule has 12 atom stereocenters. The van der Waals surface area contributed by atoms with Crippen LogP contribution in [0, 0.1) is 58.2 Å². The van der Waals surface area contributed by atoms with Gasteiger partial charge in [-0.3, -0.25) is 0 Å². The van der Waals surface area contributed by atoms with Gasteiger partial charge >= 0.3 is 6.16 Å². The molecule has 0 aliphatic heterocycles. The summed E-state index contributed by atoms with van der Waals surface area (Å²) in [4.78, 5) is 13.0. The fourth-order valence-corrected chi connectivity index (χ4v) is 9.49. The van der Waals surface area contributed by atoms with Gasteiger partial charge in [0.25, 0.3) is 0 Å². The highest BCUT2D eigenvalue weighted by molar-refractivity contribution is 5.60. The van der Waals surface area contributed by atoms with Crippen molar-refractivity contribution in [1.29, 1.82) is 0 Å². The molecule has 40 heavy (non-hydrogen) atoms. The van der Waals surface area contributed by atoms with Gasteiger partial charge in [-0.2, -0.15) is 0 Å². The van der Waals surface area contributed by atoms with Crippen LogP contribution >= 0.6 is 0 Å². The van der Waals surface area contributed by atoms with E-state index in [2.05, 4.69) is 55.4 Å². The van der Waals surface area contributed by atoms with Gasteiger partial charge in [-0.15, -0.1) is 0 Å². The van der Waals surface area contributed by atoms with E-state index in [1.165, 1.54) is 0 Å². The Bertz CT molecular complexity index is 772. The Hall–Kier alpha value is -0.810. The average molecular weight is 563 g/mol. The molecule has 4 aliphatic carbocycles. The first kappa shape index (κ1) is 32.1. The van der Waals surface area contributed by atoms with Crippen LogP contribution in [-0.4, -0.2) is 40.8 Å². The van der Waals surface area contributed by atoms with Crippen molar-refractivity contribution in [2.75, 3.05) is 0 Å². The number of aliphatic hydroxyl groups excluding tert-OH is 2. The second kappa shape index (κ2) is 12.8. The first-order valence-electron chi connectivity index (χ1n) is 16.9. The van der Waals surface area contributed by atoms with E-state index in [1.807, 2.05) is 0 Å². The minimum Gasteiger partial charge on any atom is -0.431 e. The van der Waals surface area contributed by atoms with Crippen LogP contribution < -0.4 is 0 Å². The molecule has 12 unspecified atom stereocenters. The maximum Gasteiger partial charge on any atom is 0.508 e. The van der Waals surface area contributed by atoms with Crippen molar-refractivity contribution in [2.24, 2.45) is 58.2 Å². The summed E-state index contributed by atoms with van der Waals surface area (Å²) in [6.07, 6.45) is 11.7. The predicted molar refractivity (Wildman–Crippen MR) is 161 cm³/mol. The zero-order chi connectivity index (χ0) is 29.4. The minimum absolute atomic E-state index is 0.0547. The number of hydrogen-bond acceptors (Lipinski definition) is 5. The van der Waals surface area contributed by atoms with Gasteiger partial charge < -0.3 is 19.7 Å². The number of ether oxygens (including phenoxy) is 2. The van der Waals surface area contributed by atoms with Gasteiger partial charge in [-0.1, -0.05) is 55.4 Å². The Morgan fingerprint density at radius 2 is 0.825 bits per heavy atom. The molecule has 0 heterocycles. The number of hydrogen-bond donors (Lipinski definition) is 2. The molecule has 0 amide bonds. The van der Waals surface area contributed by atoms with Crippen LogP contribution in [0.3, 0.4) is 0 Å². The van der Waals surface area contributed by atoms with Crippen LogP contribution in [0.25, 0.3) is 0 Å². The Labute approximate surface area is 245 Å². The van der Waals surface area contributed by atoms with Gasteiger partial charge in [0.15, 0.2) is 0 Å². The fourth-order valence-electron chi connectivity index (χ4n) is 9.49. The van der Waals surface area contributed by atoms with E-state index in [0.717, 1.165) is 77.0 Å². The van der Waals surface area contributed by atoms with E-state index in [1.54, 1.807) is 0 Å². The fraction of sp³-hybridized carbons (Fsp3) is 0.971. The quantitative estimate of drug-likeness (QED) is 0.318. The van der Waals surface area contributed by atoms with Crippen LogP contribution in [0.15, 0.2) is 0 Å². The van der Waals surface area contributed by atoms with Crippen molar-refractivity contribution in [3.05, 3.63) is 0 Å². The molecule has 0 spiro atoms. The zero-order valence-electron chi connectivity index (χ0n) is 27.0. The third-order valence-corrected chi connectivity index (χ3v) is 13.1. The van der Waals surface area contributed by atoms with Crippen molar-refractivity contribution in [1.82, 2.24) is 0 Å². The second-order valence-corrected chi connectivity index (χ2v) is 16.3. The zero-order valence-corrected chi connectivity index (χ0v) is 27.0. The molecule has 232 valence electrons. The first-order valence-corrected chi connectivity index (χ1v) is 16.9. The maximum atomic E-state index is 13.0. The Balaban J connectivity index is 1.24. The standard InChI is InChI=1S/C35H62O5/c1-21-17-25(9-13-29(21)36)34(5,6)27-11-15-31(23(3)19-27)39-33(38)40-32-16-12-28(20-24(32)4)35(7,8)26-10-14-30(37)22(2)18-26/h21-32,36-37H,9-20H2,1-8H3. The van der Waals surface area contributed by atoms with E-state index < -0.39 is 6.16 Å². The summed E-state index contributed by atoms with van der Waals surface area (Å²) in [5, 5.41) is 20.4. The van der Waals surface area contributed by atoms with E-state index in [4.69, 9.17) is 9.47 Å². The molecule has 0 aromatic carbocycles. The molecule has 0 radical (unpaired) electrons. The molecule has 5 nitrogen and oxygen atoms in total. The van der Waals surface area contributed by atoms with Crippen LogP contribution in [-0.2, 0) is 9.47 Å². The van der Waals surface area contributed by atoms with Gasteiger partial charge in [-0.05, 0) is 135 Å². The van der Waals surface area contributed by atoms with Gasteiger partial charge in [-0.25, -0.2) is 4.79 Å². The topological polar surface area (TPSA) is 76.0 Å². The van der Waals surface area contributed by atoms with Gasteiger partial charge in [0.05, 0.1) is 12.2 Å². The highest BCUT2D eigenvalue weighted by Crippen LogP contribution is 2.52. The lowest BCUT2D eigenvalue weighted by atomic mass is 9.58.